The molecule has 0 aromatic carbocycles. The van der Waals surface area contributed by atoms with Crippen molar-refractivity contribution in [2.75, 3.05) is 19.6 Å². The Morgan fingerprint density at radius 1 is 1.32 bits per heavy atom. The van der Waals surface area contributed by atoms with Gasteiger partial charge in [-0.2, -0.15) is 0 Å². The summed E-state index contributed by atoms with van der Waals surface area (Å²) < 4.78 is 1.81. The van der Waals surface area contributed by atoms with Gasteiger partial charge in [-0.3, -0.25) is 4.79 Å². The maximum atomic E-state index is 12.2. The van der Waals surface area contributed by atoms with E-state index < -0.39 is 0 Å². The molecule has 2 aliphatic rings. The fraction of sp³-hybridized carbons (Fsp3) is 0.800. The molecule has 2 fully saturated rings. The molecule has 7 nitrogen and oxygen atoms in total. The van der Waals surface area contributed by atoms with E-state index in [-0.39, 0.29) is 17.9 Å². The van der Waals surface area contributed by atoms with Crippen LogP contribution in [0.4, 0.5) is 0 Å². The van der Waals surface area contributed by atoms with Gasteiger partial charge in [0, 0.05) is 12.5 Å². The number of hydrogen-bond donors (Lipinski definition) is 3. The Labute approximate surface area is 130 Å². The zero-order valence-corrected chi connectivity index (χ0v) is 12.9. The summed E-state index contributed by atoms with van der Waals surface area (Å²) >= 11 is 0. The highest BCUT2D eigenvalue weighted by Crippen LogP contribution is 2.23. The van der Waals surface area contributed by atoms with Crippen LogP contribution in [0.25, 0.3) is 0 Å². The lowest BCUT2D eigenvalue weighted by Gasteiger charge is -2.27. The van der Waals surface area contributed by atoms with E-state index in [9.17, 15) is 9.90 Å². The normalized spacial score (nSPS) is 26.8. The van der Waals surface area contributed by atoms with E-state index in [1.807, 2.05) is 4.68 Å². The van der Waals surface area contributed by atoms with Gasteiger partial charge in [0.15, 0.2) is 5.69 Å². The number of carbonyl (C=O) groups excluding carboxylic acids is 1. The maximum absolute atomic E-state index is 12.2. The van der Waals surface area contributed by atoms with Crippen LogP contribution in [0.1, 0.15) is 55.1 Å². The quantitative estimate of drug-likeness (QED) is 0.752. The number of aliphatic hydroxyl groups excluding tert-OH is 1. The molecule has 1 saturated carbocycles. The third kappa shape index (κ3) is 3.64. The van der Waals surface area contributed by atoms with Crippen LogP contribution in [0, 0.1) is 5.92 Å². The summed E-state index contributed by atoms with van der Waals surface area (Å²) in [5.74, 6) is -0.0323. The number of rotatable bonds is 4. The minimum atomic E-state index is -0.292. The van der Waals surface area contributed by atoms with Gasteiger partial charge in [0.05, 0.1) is 18.3 Å². The molecular formula is C15H25N5O2. The molecule has 1 aromatic heterocycles. The monoisotopic (exact) mass is 307 g/mol. The topological polar surface area (TPSA) is 92.1 Å². The predicted octanol–water partition coefficient (Wildman–Crippen LogP) is 0.483. The van der Waals surface area contributed by atoms with E-state index in [0.29, 0.717) is 18.3 Å². The summed E-state index contributed by atoms with van der Waals surface area (Å²) in [4.78, 5) is 12.2. The number of amides is 1. The van der Waals surface area contributed by atoms with Gasteiger partial charge in [-0.25, -0.2) is 4.68 Å². The third-order valence-corrected chi connectivity index (χ3v) is 4.82. The molecule has 1 amide bonds. The SMILES string of the molecule is O=C(NC[C@H]1CCCC[C@@H]1O)c1cn(C2CCNCC2)nn1. The number of hydrogen-bond acceptors (Lipinski definition) is 5. The van der Waals surface area contributed by atoms with Crippen molar-refractivity contribution in [3.63, 3.8) is 0 Å². The molecule has 0 unspecified atom stereocenters. The molecule has 7 heteroatoms. The Hall–Kier alpha value is -1.47. The Morgan fingerprint density at radius 3 is 2.86 bits per heavy atom. The number of aliphatic hydroxyl groups is 1. The van der Waals surface area contributed by atoms with E-state index in [0.717, 1.165) is 51.6 Å². The Morgan fingerprint density at radius 2 is 2.09 bits per heavy atom. The second-order valence-electron chi connectivity index (χ2n) is 6.39. The number of nitrogens with zero attached hydrogens (tertiary/aromatic N) is 3. The van der Waals surface area contributed by atoms with Crippen molar-refractivity contribution in [2.45, 2.75) is 50.7 Å². The lowest BCUT2D eigenvalue weighted by Crippen LogP contribution is -2.36. The van der Waals surface area contributed by atoms with Crippen LogP contribution in [-0.2, 0) is 0 Å². The van der Waals surface area contributed by atoms with Crippen LogP contribution >= 0.6 is 0 Å². The molecule has 1 saturated heterocycles. The molecule has 1 aromatic rings. The van der Waals surface area contributed by atoms with E-state index in [4.69, 9.17) is 0 Å². The summed E-state index contributed by atoms with van der Waals surface area (Å²) in [6.07, 6.45) is 7.49. The number of nitrogens with one attached hydrogen (secondary N) is 2. The lowest BCUT2D eigenvalue weighted by atomic mass is 9.86. The second kappa shape index (κ2) is 7.19. The average molecular weight is 307 g/mol. The zero-order valence-electron chi connectivity index (χ0n) is 12.9. The molecule has 1 aliphatic heterocycles. The van der Waals surface area contributed by atoms with E-state index in [2.05, 4.69) is 20.9 Å². The van der Waals surface area contributed by atoms with Crippen molar-refractivity contribution in [3.05, 3.63) is 11.9 Å². The van der Waals surface area contributed by atoms with Gasteiger partial charge in [-0.15, -0.1) is 5.10 Å². The van der Waals surface area contributed by atoms with Crippen molar-refractivity contribution in [1.29, 1.82) is 0 Å². The van der Waals surface area contributed by atoms with Gasteiger partial charge >= 0.3 is 0 Å². The van der Waals surface area contributed by atoms with Crippen molar-refractivity contribution in [1.82, 2.24) is 25.6 Å². The lowest BCUT2D eigenvalue weighted by molar-refractivity contribution is 0.0661. The van der Waals surface area contributed by atoms with Crippen molar-refractivity contribution >= 4 is 5.91 Å². The molecule has 0 radical (unpaired) electrons. The molecule has 3 rings (SSSR count). The molecule has 1 aliphatic carbocycles. The predicted molar refractivity (Wildman–Crippen MR) is 81.5 cm³/mol. The molecule has 0 bridgehead atoms. The summed E-state index contributed by atoms with van der Waals surface area (Å²) in [5.41, 5.74) is 0.365. The van der Waals surface area contributed by atoms with Crippen molar-refractivity contribution < 1.29 is 9.90 Å². The van der Waals surface area contributed by atoms with Crippen LogP contribution in [0.5, 0.6) is 0 Å². The fourth-order valence-corrected chi connectivity index (χ4v) is 3.37. The minimum Gasteiger partial charge on any atom is -0.393 e. The van der Waals surface area contributed by atoms with Gasteiger partial charge < -0.3 is 15.7 Å². The van der Waals surface area contributed by atoms with Gasteiger partial charge in [-0.1, -0.05) is 18.1 Å². The molecule has 0 spiro atoms. The fourth-order valence-electron chi connectivity index (χ4n) is 3.37. The van der Waals surface area contributed by atoms with Crippen LogP contribution < -0.4 is 10.6 Å². The Balaban J connectivity index is 1.52. The Bertz CT molecular complexity index is 498. The zero-order chi connectivity index (χ0) is 15.4. The summed E-state index contributed by atoms with van der Waals surface area (Å²) in [6, 6.07) is 0.329. The first kappa shape index (κ1) is 15.4. The molecular weight excluding hydrogens is 282 g/mol. The van der Waals surface area contributed by atoms with E-state index in [1.54, 1.807) is 6.20 Å². The molecule has 3 N–H and O–H groups in total. The minimum absolute atomic E-state index is 0.164. The second-order valence-corrected chi connectivity index (χ2v) is 6.39. The third-order valence-electron chi connectivity index (χ3n) is 4.82. The standard InChI is InChI=1S/C15H25N5O2/c21-14-4-2-1-3-11(14)9-17-15(22)13-10-20(19-18-13)12-5-7-16-8-6-12/h10-12,14,16,21H,1-9H2,(H,17,22)/t11-,14+/m1/s1. The first-order valence-electron chi connectivity index (χ1n) is 8.33. The number of aromatic nitrogens is 3. The summed E-state index contributed by atoms with van der Waals surface area (Å²) in [6.45, 7) is 2.47. The average Bonchev–Trinajstić information content (AvgIpc) is 3.05. The van der Waals surface area contributed by atoms with Crippen molar-refractivity contribution in [3.8, 4) is 0 Å². The van der Waals surface area contributed by atoms with Gasteiger partial charge in [0.2, 0.25) is 0 Å². The largest absolute Gasteiger partial charge is 0.393 e. The van der Waals surface area contributed by atoms with Crippen LogP contribution in [-0.4, -0.2) is 51.7 Å². The summed E-state index contributed by atoms with van der Waals surface area (Å²) in [7, 11) is 0. The van der Waals surface area contributed by atoms with Crippen LogP contribution in [0.2, 0.25) is 0 Å². The molecule has 2 atom stereocenters. The summed E-state index contributed by atoms with van der Waals surface area (Å²) in [5, 5.41) is 24.2. The molecule has 2 heterocycles. The van der Waals surface area contributed by atoms with E-state index in [1.165, 1.54) is 0 Å². The van der Waals surface area contributed by atoms with Crippen LogP contribution in [0.3, 0.4) is 0 Å². The molecule has 122 valence electrons. The number of piperidine rings is 1. The molecule has 22 heavy (non-hydrogen) atoms. The first-order valence-corrected chi connectivity index (χ1v) is 8.33. The maximum Gasteiger partial charge on any atom is 0.273 e. The Kier molecular flexibility index (Phi) is 5.04. The highest BCUT2D eigenvalue weighted by molar-refractivity contribution is 5.91. The number of carbonyl (C=O) groups is 1. The van der Waals surface area contributed by atoms with Gasteiger partial charge in [0.1, 0.15) is 0 Å². The smallest absolute Gasteiger partial charge is 0.273 e. The van der Waals surface area contributed by atoms with Gasteiger partial charge in [-0.05, 0) is 38.8 Å². The van der Waals surface area contributed by atoms with E-state index >= 15 is 0 Å². The highest BCUT2D eigenvalue weighted by Gasteiger charge is 2.24. The van der Waals surface area contributed by atoms with Gasteiger partial charge in [0.25, 0.3) is 5.91 Å². The highest BCUT2D eigenvalue weighted by atomic mass is 16.3. The first-order chi connectivity index (χ1) is 10.7. The van der Waals surface area contributed by atoms with Crippen LogP contribution in [0.15, 0.2) is 6.20 Å². The van der Waals surface area contributed by atoms with Crippen molar-refractivity contribution in [2.24, 2.45) is 5.92 Å².